The Morgan fingerprint density at radius 1 is 1.32 bits per heavy atom. The van der Waals surface area contributed by atoms with E-state index in [1.165, 1.54) is 18.3 Å². The van der Waals surface area contributed by atoms with Crippen LogP contribution in [-0.4, -0.2) is 18.0 Å². The molecular formula is C16H14N2O3S. The van der Waals surface area contributed by atoms with Gasteiger partial charge in [-0.05, 0) is 44.2 Å². The van der Waals surface area contributed by atoms with Crippen molar-refractivity contribution in [3.8, 4) is 6.07 Å². The Morgan fingerprint density at radius 3 is 2.73 bits per heavy atom. The average molecular weight is 314 g/mol. The van der Waals surface area contributed by atoms with Crippen LogP contribution in [0, 0.1) is 18.3 Å². The van der Waals surface area contributed by atoms with Gasteiger partial charge in [0.15, 0.2) is 6.10 Å². The van der Waals surface area contributed by atoms with E-state index in [1.807, 2.05) is 19.1 Å². The highest BCUT2D eigenvalue weighted by Gasteiger charge is 2.20. The summed E-state index contributed by atoms with van der Waals surface area (Å²) in [6.07, 6.45) is -0.930. The Balaban J connectivity index is 1.97. The highest BCUT2D eigenvalue weighted by molar-refractivity contribution is 7.13. The second-order valence-corrected chi connectivity index (χ2v) is 5.93. The van der Waals surface area contributed by atoms with Crippen LogP contribution in [0.25, 0.3) is 0 Å². The Labute approximate surface area is 132 Å². The predicted molar refractivity (Wildman–Crippen MR) is 83.7 cm³/mol. The van der Waals surface area contributed by atoms with E-state index in [9.17, 15) is 9.59 Å². The first-order valence-electron chi connectivity index (χ1n) is 6.58. The molecule has 0 unspecified atom stereocenters. The molecule has 0 bridgehead atoms. The van der Waals surface area contributed by atoms with E-state index < -0.39 is 18.0 Å². The van der Waals surface area contributed by atoms with E-state index in [4.69, 9.17) is 10.00 Å². The van der Waals surface area contributed by atoms with Crippen LogP contribution < -0.4 is 5.32 Å². The van der Waals surface area contributed by atoms with Crippen molar-refractivity contribution in [2.45, 2.75) is 20.0 Å². The summed E-state index contributed by atoms with van der Waals surface area (Å²) in [5.41, 5.74) is 0.926. The van der Waals surface area contributed by atoms with Crippen LogP contribution in [0.4, 0.5) is 5.69 Å². The molecule has 0 spiro atoms. The summed E-state index contributed by atoms with van der Waals surface area (Å²) in [4.78, 5) is 25.4. The molecular weight excluding hydrogens is 300 g/mol. The molecule has 2 rings (SSSR count). The fourth-order valence-electron chi connectivity index (χ4n) is 1.73. The van der Waals surface area contributed by atoms with Gasteiger partial charge in [0.25, 0.3) is 5.91 Å². The number of rotatable bonds is 4. The highest BCUT2D eigenvalue weighted by Crippen LogP contribution is 2.17. The number of anilines is 1. The van der Waals surface area contributed by atoms with Gasteiger partial charge in [-0.3, -0.25) is 4.79 Å². The molecule has 0 fully saturated rings. The van der Waals surface area contributed by atoms with Gasteiger partial charge in [-0.1, -0.05) is 6.07 Å². The smallest absolute Gasteiger partial charge is 0.349 e. The molecule has 0 aliphatic heterocycles. The summed E-state index contributed by atoms with van der Waals surface area (Å²) in [6.45, 7) is 3.39. The molecule has 0 saturated carbocycles. The summed E-state index contributed by atoms with van der Waals surface area (Å²) in [7, 11) is 0. The molecule has 1 aromatic carbocycles. The molecule has 5 nitrogen and oxygen atoms in total. The zero-order valence-electron chi connectivity index (χ0n) is 12.1. The third kappa shape index (κ3) is 3.93. The number of aryl methyl sites for hydroxylation is 1. The van der Waals surface area contributed by atoms with Crippen molar-refractivity contribution in [3.63, 3.8) is 0 Å². The minimum atomic E-state index is -0.930. The molecule has 22 heavy (non-hydrogen) atoms. The largest absolute Gasteiger partial charge is 0.448 e. The van der Waals surface area contributed by atoms with Gasteiger partial charge in [0.2, 0.25) is 0 Å². The van der Waals surface area contributed by atoms with E-state index in [2.05, 4.69) is 5.32 Å². The molecule has 0 aliphatic rings. The fourth-order valence-corrected chi connectivity index (χ4v) is 2.48. The number of benzene rings is 1. The summed E-state index contributed by atoms with van der Waals surface area (Å²) in [5.74, 6) is -0.969. The first-order valence-corrected chi connectivity index (χ1v) is 7.39. The van der Waals surface area contributed by atoms with Gasteiger partial charge in [-0.15, -0.1) is 11.3 Å². The number of esters is 1. The minimum absolute atomic E-state index is 0.441. The van der Waals surface area contributed by atoms with E-state index in [1.54, 1.807) is 30.3 Å². The van der Waals surface area contributed by atoms with Gasteiger partial charge in [0.05, 0.1) is 11.6 Å². The summed E-state index contributed by atoms with van der Waals surface area (Å²) < 4.78 is 5.13. The van der Waals surface area contributed by atoms with E-state index in [0.29, 0.717) is 16.1 Å². The first-order chi connectivity index (χ1) is 10.5. The van der Waals surface area contributed by atoms with Crippen LogP contribution in [0.1, 0.15) is 27.0 Å². The maximum Gasteiger partial charge on any atom is 0.349 e. The van der Waals surface area contributed by atoms with Gasteiger partial charge in [-0.2, -0.15) is 5.26 Å². The number of ether oxygens (including phenoxy) is 1. The monoisotopic (exact) mass is 314 g/mol. The van der Waals surface area contributed by atoms with Crippen molar-refractivity contribution in [2.75, 3.05) is 5.32 Å². The number of carbonyl (C=O) groups is 2. The second kappa shape index (κ2) is 6.87. The summed E-state index contributed by atoms with van der Waals surface area (Å²) in [5, 5.41) is 11.4. The molecule has 0 saturated heterocycles. The third-order valence-corrected chi connectivity index (χ3v) is 3.83. The molecule has 1 heterocycles. The number of hydrogen-bond donors (Lipinski definition) is 1. The van der Waals surface area contributed by atoms with Crippen LogP contribution in [-0.2, 0) is 9.53 Å². The van der Waals surface area contributed by atoms with Crippen molar-refractivity contribution in [1.82, 2.24) is 0 Å². The van der Waals surface area contributed by atoms with Crippen LogP contribution >= 0.6 is 11.3 Å². The van der Waals surface area contributed by atoms with Crippen molar-refractivity contribution >= 4 is 28.9 Å². The lowest BCUT2D eigenvalue weighted by molar-refractivity contribution is -0.123. The van der Waals surface area contributed by atoms with Crippen molar-refractivity contribution in [2.24, 2.45) is 0 Å². The number of nitrogens with one attached hydrogen (secondary N) is 1. The Kier molecular flexibility index (Phi) is 4.92. The molecule has 1 amide bonds. The second-order valence-electron chi connectivity index (χ2n) is 4.64. The zero-order valence-corrected chi connectivity index (χ0v) is 12.9. The van der Waals surface area contributed by atoms with Crippen LogP contribution in [0.2, 0.25) is 0 Å². The topological polar surface area (TPSA) is 79.2 Å². The van der Waals surface area contributed by atoms with E-state index in [0.717, 1.165) is 4.88 Å². The lowest BCUT2D eigenvalue weighted by Crippen LogP contribution is -2.29. The molecule has 6 heteroatoms. The molecule has 1 N–H and O–H groups in total. The number of nitriles is 1. The molecule has 0 radical (unpaired) electrons. The van der Waals surface area contributed by atoms with Gasteiger partial charge in [-0.25, -0.2) is 4.79 Å². The van der Waals surface area contributed by atoms with Gasteiger partial charge < -0.3 is 10.1 Å². The normalized spacial score (nSPS) is 11.3. The van der Waals surface area contributed by atoms with Crippen molar-refractivity contribution < 1.29 is 14.3 Å². The highest BCUT2D eigenvalue weighted by atomic mass is 32.1. The zero-order chi connectivity index (χ0) is 16.1. The summed E-state index contributed by atoms with van der Waals surface area (Å²) in [6, 6.07) is 12.0. The Morgan fingerprint density at radius 2 is 2.09 bits per heavy atom. The fraction of sp³-hybridized carbons (Fsp3) is 0.188. The lowest BCUT2D eigenvalue weighted by atomic mass is 10.2. The van der Waals surface area contributed by atoms with Gasteiger partial charge in [0, 0.05) is 10.6 Å². The summed E-state index contributed by atoms with van der Waals surface area (Å²) >= 11 is 1.32. The minimum Gasteiger partial charge on any atom is -0.448 e. The van der Waals surface area contributed by atoms with Gasteiger partial charge in [0.1, 0.15) is 4.88 Å². The number of amides is 1. The molecule has 0 aliphatic carbocycles. The molecule has 1 atom stereocenters. The maximum absolute atomic E-state index is 12.0. The predicted octanol–water partition coefficient (Wildman–Crippen LogP) is 3.11. The van der Waals surface area contributed by atoms with Crippen LogP contribution in [0.3, 0.4) is 0 Å². The van der Waals surface area contributed by atoms with Crippen LogP contribution in [0.5, 0.6) is 0 Å². The first kappa shape index (κ1) is 15.7. The number of carbonyl (C=O) groups excluding carboxylic acids is 2. The number of nitrogens with zero attached hydrogens (tertiary/aromatic N) is 1. The number of thiophene rings is 1. The lowest BCUT2D eigenvalue weighted by Gasteiger charge is -2.13. The van der Waals surface area contributed by atoms with Crippen molar-refractivity contribution in [3.05, 3.63) is 51.7 Å². The van der Waals surface area contributed by atoms with E-state index in [-0.39, 0.29) is 0 Å². The Bertz CT molecular complexity index is 746. The van der Waals surface area contributed by atoms with Crippen molar-refractivity contribution in [1.29, 1.82) is 5.26 Å². The van der Waals surface area contributed by atoms with E-state index >= 15 is 0 Å². The Hall–Kier alpha value is -2.65. The SMILES string of the molecule is Cc1ccc(C(=O)O[C@H](C)C(=O)Nc2cccc(C#N)c2)s1. The van der Waals surface area contributed by atoms with Crippen LogP contribution in [0.15, 0.2) is 36.4 Å². The number of hydrogen-bond acceptors (Lipinski definition) is 5. The molecule has 1 aromatic heterocycles. The average Bonchev–Trinajstić information content (AvgIpc) is 2.94. The molecule has 112 valence electrons. The third-order valence-electron chi connectivity index (χ3n) is 2.85. The molecule has 2 aromatic rings. The van der Waals surface area contributed by atoms with Gasteiger partial charge >= 0.3 is 5.97 Å². The standard InChI is InChI=1S/C16H14N2O3S/c1-10-6-7-14(22-10)16(20)21-11(2)15(19)18-13-5-3-4-12(8-13)9-17/h3-8,11H,1-2H3,(H,18,19)/t11-/m1/s1. The maximum atomic E-state index is 12.0. The quantitative estimate of drug-likeness (QED) is 0.879.